The van der Waals surface area contributed by atoms with E-state index in [4.69, 9.17) is 12.8 Å². The van der Waals surface area contributed by atoms with Gasteiger partial charge in [0, 0.05) is 15.8 Å². The largest absolute Gasteiger partial charge is 1.00 e. The standard InChI is InChI=1S/C16H20P2.2C15H9.2Au/c1-17(15-9-5-3-6-10-15)13-14-18(2)16-11-7-4-8-12-16;2*1-2-11-7-8-15-13(9-11)10-12-5-3-4-6-14(12)15;;/h3-12H,13-14H2,1-2H3;2*3-9H,10H2;;/q;2*-1;2*+1/p+2. The quantitative estimate of drug-likeness (QED) is 0.0698. The molecule has 0 N–H and O–H groups in total. The van der Waals surface area contributed by atoms with Crippen LogP contribution in [0.2, 0.25) is 0 Å². The van der Waals surface area contributed by atoms with E-state index in [2.05, 4.69) is 159 Å². The molecule has 2 unspecified atom stereocenters. The molecule has 50 heavy (non-hydrogen) atoms. The predicted octanol–water partition coefficient (Wildman–Crippen LogP) is 9.71. The van der Waals surface area contributed by atoms with Crippen LogP contribution in [0.4, 0.5) is 0 Å². The van der Waals surface area contributed by atoms with Gasteiger partial charge in [0.25, 0.3) is 0 Å². The minimum absolute atomic E-state index is 0. The second-order valence-corrected chi connectivity index (χ2v) is 17.7. The Kier molecular flexibility index (Phi) is 15.4. The van der Waals surface area contributed by atoms with Crippen molar-refractivity contribution in [2.24, 2.45) is 0 Å². The summed E-state index contributed by atoms with van der Waals surface area (Å²) in [5.41, 5.74) is 12.4. The topological polar surface area (TPSA) is 0 Å². The van der Waals surface area contributed by atoms with E-state index in [-0.39, 0.29) is 60.6 Å². The Hall–Kier alpha value is -3.22. The maximum Gasteiger partial charge on any atom is 1.00 e. The summed E-state index contributed by atoms with van der Waals surface area (Å²) >= 11 is 0. The van der Waals surface area contributed by atoms with Crippen LogP contribution in [-0.2, 0) is 57.6 Å². The predicted molar refractivity (Wildman–Crippen MR) is 212 cm³/mol. The van der Waals surface area contributed by atoms with Gasteiger partial charge < -0.3 is 12.8 Å². The molecule has 2 aliphatic rings. The summed E-state index contributed by atoms with van der Waals surface area (Å²) in [5.74, 6) is 4.87. The van der Waals surface area contributed by atoms with Crippen LogP contribution in [0.1, 0.15) is 33.4 Å². The Morgan fingerprint density at radius 3 is 1.16 bits per heavy atom. The van der Waals surface area contributed by atoms with Gasteiger partial charge in [-0.05, 0) is 70.5 Å². The van der Waals surface area contributed by atoms with Gasteiger partial charge in [0.1, 0.15) is 0 Å². The van der Waals surface area contributed by atoms with Crippen LogP contribution < -0.4 is 10.6 Å². The first-order valence-electron chi connectivity index (χ1n) is 16.6. The van der Waals surface area contributed by atoms with Crippen molar-refractivity contribution in [2.45, 2.75) is 12.8 Å². The van der Waals surface area contributed by atoms with Gasteiger partial charge >= 0.3 is 44.8 Å². The zero-order valence-corrected chi connectivity index (χ0v) is 34.6. The molecule has 0 radical (unpaired) electrons. The molecule has 254 valence electrons. The molecule has 0 saturated heterocycles. The van der Waals surface area contributed by atoms with Gasteiger partial charge in [-0.15, -0.1) is 35.4 Å². The van der Waals surface area contributed by atoms with Gasteiger partial charge in [-0.2, -0.15) is 0 Å². The van der Waals surface area contributed by atoms with Crippen molar-refractivity contribution in [3.05, 3.63) is 192 Å². The first-order chi connectivity index (χ1) is 23.5. The Balaban J connectivity index is 0.000000166. The van der Waals surface area contributed by atoms with E-state index in [0.717, 1.165) is 24.0 Å². The van der Waals surface area contributed by atoms with Crippen molar-refractivity contribution in [2.75, 3.05) is 25.7 Å². The summed E-state index contributed by atoms with van der Waals surface area (Å²) in [6.07, 6.45) is 19.0. The summed E-state index contributed by atoms with van der Waals surface area (Å²) < 4.78 is 0. The minimum atomic E-state index is -0.344. The molecule has 0 amide bonds. The van der Waals surface area contributed by atoms with Gasteiger partial charge in [-0.25, -0.2) is 0 Å². The normalized spacial score (nSPS) is 12.1. The van der Waals surface area contributed by atoms with Crippen molar-refractivity contribution >= 4 is 26.5 Å². The molecule has 2 atom stereocenters. The molecule has 0 nitrogen and oxygen atoms in total. The van der Waals surface area contributed by atoms with Crippen LogP contribution in [0.15, 0.2) is 146 Å². The monoisotopic (exact) mass is 1050 g/mol. The first kappa shape index (κ1) is 39.6. The number of hydrogen-bond donors (Lipinski definition) is 0. The van der Waals surface area contributed by atoms with E-state index >= 15 is 0 Å². The molecule has 0 aromatic heterocycles. The summed E-state index contributed by atoms with van der Waals surface area (Å²) in [6.45, 7) is 4.89. The average Bonchev–Trinajstić information content (AvgIpc) is 3.72. The summed E-state index contributed by atoms with van der Waals surface area (Å²) in [5, 5.41) is 3.15. The maximum atomic E-state index is 7.12. The molecule has 0 spiro atoms. The number of fused-ring (bicyclic) bond motifs is 6. The van der Waals surface area contributed by atoms with Gasteiger partial charge in [-0.3, -0.25) is 11.8 Å². The Bertz CT molecular complexity index is 1940. The van der Waals surface area contributed by atoms with Crippen molar-refractivity contribution < 1.29 is 44.8 Å². The molecule has 4 heteroatoms. The van der Waals surface area contributed by atoms with Crippen LogP contribution >= 0.6 is 15.8 Å². The summed E-state index contributed by atoms with van der Waals surface area (Å²) in [4.78, 5) is 0. The van der Waals surface area contributed by atoms with Crippen molar-refractivity contribution in [3.8, 4) is 34.1 Å². The van der Waals surface area contributed by atoms with Gasteiger partial charge in [0.05, 0.1) is 36.3 Å². The number of rotatable bonds is 5. The van der Waals surface area contributed by atoms with E-state index in [1.807, 2.05) is 12.1 Å². The Labute approximate surface area is 333 Å². The zero-order chi connectivity index (χ0) is 33.3. The van der Waals surface area contributed by atoms with E-state index in [9.17, 15) is 0 Å². The fraction of sp³-hybridized carbons (Fsp3) is 0.130. The van der Waals surface area contributed by atoms with Crippen LogP contribution in [0, 0.1) is 24.7 Å². The molecule has 2 aliphatic carbocycles. The van der Waals surface area contributed by atoms with E-state index < -0.39 is 0 Å². The maximum absolute atomic E-state index is 7.12. The van der Waals surface area contributed by atoms with Crippen molar-refractivity contribution in [1.29, 1.82) is 0 Å². The van der Waals surface area contributed by atoms with E-state index in [0.29, 0.717) is 0 Å². The molecule has 6 aromatic carbocycles. The Morgan fingerprint density at radius 2 is 0.780 bits per heavy atom. The number of hydrogen-bond acceptors (Lipinski definition) is 0. The molecular formula is C46H40Au2P2+2. The first-order valence-corrected chi connectivity index (χ1v) is 21.0. The summed E-state index contributed by atoms with van der Waals surface area (Å²) in [7, 11) is -0.688. The second-order valence-electron chi connectivity index (χ2n) is 12.5. The average molecular weight is 1050 g/mol. The second kappa shape index (κ2) is 19.4. The van der Waals surface area contributed by atoms with Crippen molar-refractivity contribution in [3.63, 3.8) is 0 Å². The fourth-order valence-electron chi connectivity index (χ4n) is 6.55. The third kappa shape index (κ3) is 9.76. The van der Waals surface area contributed by atoms with Crippen LogP contribution in [0.3, 0.4) is 0 Å². The van der Waals surface area contributed by atoms with E-state index in [1.54, 1.807) is 10.6 Å². The smallest absolute Gasteiger partial charge is 0.366 e. The molecule has 6 aromatic rings. The van der Waals surface area contributed by atoms with Crippen molar-refractivity contribution in [1.82, 2.24) is 0 Å². The molecular weight excluding hydrogens is 1010 g/mol. The zero-order valence-electron chi connectivity index (χ0n) is 28.3. The Morgan fingerprint density at radius 1 is 0.440 bits per heavy atom. The fourth-order valence-corrected chi connectivity index (χ4v) is 11.7. The summed E-state index contributed by atoms with van der Waals surface area (Å²) in [6, 6.07) is 51.2. The SMILES string of the molecule is C[PH+](CC[PH+](C)c1ccccc1)c1ccccc1.[Au+].[Au+].[C-]#Cc1ccc2c(c1)Cc1ccccc1-2.[C-]#Cc1ccc2c(c1)Cc1ccccc1-2. The van der Waals surface area contributed by atoms with E-state index in [1.165, 1.54) is 56.8 Å². The minimum Gasteiger partial charge on any atom is -0.366 e. The molecule has 0 heterocycles. The van der Waals surface area contributed by atoms with Gasteiger partial charge in [0.2, 0.25) is 0 Å². The van der Waals surface area contributed by atoms with Crippen LogP contribution in [-0.4, -0.2) is 25.7 Å². The third-order valence-electron chi connectivity index (χ3n) is 9.28. The third-order valence-corrected chi connectivity index (χ3v) is 14.4. The molecule has 8 rings (SSSR count). The van der Waals surface area contributed by atoms with Crippen LogP contribution in [0.5, 0.6) is 0 Å². The van der Waals surface area contributed by atoms with Gasteiger partial charge in [0.15, 0.2) is 0 Å². The molecule has 0 bridgehead atoms. The molecule has 0 saturated carbocycles. The van der Waals surface area contributed by atoms with Gasteiger partial charge in [-0.1, -0.05) is 108 Å². The molecule has 0 aliphatic heterocycles. The van der Waals surface area contributed by atoms with Crippen LogP contribution in [0.25, 0.3) is 22.3 Å². The number of benzene rings is 6. The molecule has 0 fully saturated rings.